The zero-order chi connectivity index (χ0) is 23.5. The molecule has 2 N–H and O–H groups in total. The van der Waals surface area contributed by atoms with Gasteiger partial charge in [-0.3, -0.25) is 4.68 Å². The lowest BCUT2D eigenvalue weighted by Gasteiger charge is -2.13. The molecule has 1 aromatic carbocycles. The standard InChI is InChI=1S/C21H23F2N9O/c1-4-31-12-14(11-26-31)13-9-15(20(24)25-10-13)21-27-28-29-32(21)16-5-6-17(19(23)18(16)22)33-8-7-30(2)3/h5-6,9-12H,4,7-8H2,1-3H3,(H2,24,25). The lowest BCUT2D eigenvalue weighted by atomic mass is 10.1. The monoisotopic (exact) mass is 455 g/mol. The summed E-state index contributed by atoms with van der Waals surface area (Å²) in [6.45, 7) is 3.46. The average molecular weight is 455 g/mol. The molecule has 4 aromatic rings. The normalized spacial score (nSPS) is 11.3. The van der Waals surface area contributed by atoms with Crippen LogP contribution in [0.2, 0.25) is 0 Å². The predicted molar refractivity (Wildman–Crippen MR) is 118 cm³/mol. The van der Waals surface area contributed by atoms with Crippen molar-refractivity contribution >= 4 is 5.82 Å². The van der Waals surface area contributed by atoms with Gasteiger partial charge in [0.1, 0.15) is 18.1 Å². The molecule has 12 heteroatoms. The van der Waals surface area contributed by atoms with Crippen LogP contribution in [0.5, 0.6) is 5.75 Å². The number of nitrogen functional groups attached to an aromatic ring is 1. The molecule has 172 valence electrons. The van der Waals surface area contributed by atoms with E-state index in [1.165, 1.54) is 12.1 Å². The number of likely N-dealkylation sites (N-methyl/N-ethyl adjacent to an activating group) is 1. The first-order valence-electron chi connectivity index (χ1n) is 10.2. The fourth-order valence-corrected chi connectivity index (χ4v) is 3.15. The van der Waals surface area contributed by atoms with Crippen molar-refractivity contribution in [1.82, 2.24) is 39.9 Å². The molecule has 0 unspecified atom stereocenters. The topological polar surface area (TPSA) is 113 Å². The second kappa shape index (κ2) is 9.28. The second-order valence-electron chi connectivity index (χ2n) is 7.52. The second-order valence-corrected chi connectivity index (χ2v) is 7.52. The maximum absolute atomic E-state index is 15.0. The third-order valence-electron chi connectivity index (χ3n) is 4.97. The van der Waals surface area contributed by atoms with Gasteiger partial charge in [-0.05, 0) is 49.6 Å². The van der Waals surface area contributed by atoms with E-state index in [0.717, 1.165) is 15.8 Å². The fraction of sp³-hybridized carbons (Fsp3) is 0.286. The minimum absolute atomic E-state index is 0.115. The van der Waals surface area contributed by atoms with Gasteiger partial charge in [0, 0.05) is 36.6 Å². The van der Waals surface area contributed by atoms with Gasteiger partial charge in [0.05, 0.1) is 11.8 Å². The van der Waals surface area contributed by atoms with Gasteiger partial charge in [-0.25, -0.2) is 9.37 Å². The minimum atomic E-state index is -1.14. The Bertz CT molecular complexity index is 1270. The van der Waals surface area contributed by atoms with Crippen LogP contribution in [0.4, 0.5) is 14.6 Å². The highest BCUT2D eigenvalue weighted by Crippen LogP contribution is 2.31. The Morgan fingerprint density at radius 3 is 2.67 bits per heavy atom. The lowest BCUT2D eigenvalue weighted by Crippen LogP contribution is -2.20. The Kier molecular flexibility index (Phi) is 6.27. The molecule has 0 bridgehead atoms. The van der Waals surface area contributed by atoms with E-state index in [-0.39, 0.29) is 29.7 Å². The van der Waals surface area contributed by atoms with Crippen molar-refractivity contribution in [2.75, 3.05) is 33.0 Å². The Hall–Kier alpha value is -3.93. The van der Waals surface area contributed by atoms with Gasteiger partial charge in [-0.15, -0.1) is 5.10 Å². The summed E-state index contributed by atoms with van der Waals surface area (Å²) in [6.07, 6.45) is 5.17. The summed E-state index contributed by atoms with van der Waals surface area (Å²) in [5.74, 6) is -2.20. The van der Waals surface area contributed by atoms with E-state index in [4.69, 9.17) is 10.5 Å². The van der Waals surface area contributed by atoms with Crippen molar-refractivity contribution in [3.05, 3.63) is 48.4 Å². The smallest absolute Gasteiger partial charge is 0.202 e. The van der Waals surface area contributed by atoms with Crippen molar-refractivity contribution < 1.29 is 13.5 Å². The number of tetrazole rings is 1. The molecule has 3 heterocycles. The molecule has 0 aliphatic rings. The van der Waals surface area contributed by atoms with Crippen molar-refractivity contribution in [2.45, 2.75) is 13.5 Å². The number of hydrogen-bond acceptors (Lipinski definition) is 8. The fourth-order valence-electron chi connectivity index (χ4n) is 3.15. The number of hydrogen-bond donors (Lipinski definition) is 1. The number of halogens is 2. The summed E-state index contributed by atoms with van der Waals surface area (Å²) in [7, 11) is 3.71. The van der Waals surface area contributed by atoms with E-state index in [0.29, 0.717) is 18.7 Å². The van der Waals surface area contributed by atoms with Crippen LogP contribution in [-0.2, 0) is 6.54 Å². The van der Waals surface area contributed by atoms with Crippen molar-refractivity contribution in [2.24, 2.45) is 0 Å². The number of aryl methyl sites for hydroxylation is 1. The number of anilines is 1. The Morgan fingerprint density at radius 1 is 1.12 bits per heavy atom. The highest BCUT2D eigenvalue weighted by atomic mass is 19.2. The van der Waals surface area contributed by atoms with Gasteiger partial charge in [0.15, 0.2) is 17.4 Å². The van der Waals surface area contributed by atoms with E-state index in [9.17, 15) is 8.78 Å². The molecule has 0 saturated heterocycles. The molecule has 33 heavy (non-hydrogen) atoms. The molecule has 0 spiro atoms. The molecule has 0 aliphatic carbocycles. The SMILES string of the molecule is CCn1cc(-c2cnc(N)c(-c3nnnn3-c3ccc(OCCN(C)C)c(F)c3F)c2)cn1. The molecule has 0 atom stereocenters. The van der Waals surface area contributed by atoms with E-state index < -0.39 is 11.6 Å². The third kappa shape index (κ3) is 4.51. The zero-order valence-electron chi connectivity index (χ0n) is 18.4. The summed E-state index contributed by atoms with van der Waals surface area (Å²) in [5, 5.41) is 15.7. The van der Waals surface area contributed by atoms with Crippen molar-refractivity contribution in [3.8, 4) is 34.0 Å². The predicted octanol–water partition coefficient (Wildman–Crippen LogP) is 2.41. The maximum Gasteiger partial charge on any atom is 0.202 e. The molecule has 4 rings (SSSR count). The van der Waals surface area contributed by atoms with Crippen LogP contribution in [0, 0.1) is 11.6 Å². The molecule has 0 saturated carbocycles. The number of aromatic nitrogens is 7. The molecule has 0 amide bonds. The highest BCUT2D eigenvalue weighted by molar-refractivity contribution is 5.76. The van der Waals surface area contributed by atoms with Crippen LogP contribution in [0.3, 0.4) is 0 Å². The van der Waals surface area contributed by atoms with Crippen LogP contribution < -0.4 is 10.5 Å². The number of nitrogens with two attached hydrogens (primary N) is 1. The summed E-state index contributed by atoms with van der Waals surface area (Å²) < 4.78 is 37.8. The van der Waals surface area contributed by atoms with Crippen LogP contribution >= 0.6 is 0 Å². The number of ether oxygens (including phenoxy) is 1. The number of rotatable bonds is 8. The average Bonchev–Trinajstić information content (AvgIpc) is 3.47. The van der Waals surface area contributed by atoms with Crippen LogP contribution in [0.1, 0.15) is 6.92 Å². The third-order valence-corrected chi connectivity index (χ3v) is 4.97. The molecule has 0 aliphatic heterocycles. The lowest BCUT2D eigenvalue weighted by molar-refractivity contribution is 0.249. The van der Waals surface area contributed by atoms with E-state index >= 15 is 0 Å². The van der Waals surface area contributed by atoms with Crippen molar-refractivity contribution in [1.29, 1.82) is 0 Å². The first-order valence-corrected chi connectivity index (χ1v) is 10.2. The Labute approximate surface area is 188 Å². The van der Waals surface area contributed by atoms with E-state index in [1.807, 2.05) is 32.1 Å². The van der Waals surface area contributed by atoms with Gasteiger partial charge in [0.2, 0.25) is 5.82 Å². The van der Waals surface area contributed by atoms with Crippen LogP contribution in [-0.4, -0.2) is 67.1 Å². The van der Waals surface area contributed by atoms with Crippen LogP contribution in [0.15, 0.2) is 36.8 Å². The van der Waals surface area contributed by atoms with Gasteiger partial charge in [0.25, 0.3) is 0 Å². The molecule has 0 radical (unpaired) electrons. The minimum Gasteiger partial charge on any atom is -0.489 e. The summed E-state index contributed by atoms with van der Waals surface area (Å²) >= 11 is 0. The van der Waals surface area contributed by atoms with Crippen LogP contribution in [0.25, 0.3) is 28.2 Å². The number of pyridine rings is 1. The maximum atomic E-state index is 15.0. The highest BCUT2D eigenvalue weighted by Gasteiger charge is 2.22. The van der Waals surface area contributed by atoms with Gasteiger partial charge in [-0.2, -0.15) is 14.2 Å². The van der Waals surface area contributed by atoms with Gasteiger partial charge < -0.3 is 15.4 Å². The number of nitrogens with zero attached hydrogens (tertiary/aromatic N) is 8. The summed E-state index contributed by atoms with van der Waals surface area (Å²) in [4.78, 5) is 6.09. The summed E-state index contributed by atoms with van der Waals surface area (Å²) in [6, 6.07) is 4.42. The number of benzene rings is 1. The first-order chi connectivity index (χ1) is 15.9. The molecule has 0 fully saturated rings. The van der Waals surface area contributed by atoms with Gasteiger partial charge in [-0.1, -0.05) is 0 Å². The molecular formula is C21H23F2N9O. The summed E-state index contributed by atoms with van der Waals surface area (Å²) in [5.41, 5.74) is 7.81. The molecule has 10 nitrogen and oxygen atoms in total. The zero-order valence-corrected chi connectivity index (χ0v) is 18.4. The first kappa shape index (κ1) is 22.3. The van der Waals surface area contributed by atoms with E-state index in [2.05, 4.69) is 25.6 Å². The quantitative estimate of drug-likeness (QED) is 0.431. The largest absolute Gasteiger partial charge is 0.489 e. The molecule has 3 aromatic heterocycles. The van der Waals surface area contributed by atoms with Gasteiger partial charge >= 0.3 is 0 Å². The Morgan fingerprint density at radius 2 is 1.94 bits per heavy atom. The van der Waals surface area contributed by atoms with E-state index in [1.54, 1.807) is 23.1 Å². The Balaban J connectivity index is 1.70. The molecular weight excluding hydrogens is 432 g/mol. The van der Waals surface area contributed by atoms with Crippen molar-refractivity contribution in [3.63, 3.8) is 0 Å².